The smallest absolute Gasteiger partial charge is 0.0309 e. The Bertz CT molecular complexity index is 435. The lowest BCUT2D eigenvalue weighted by Gasteiger charge is -2.56. The van der Waals surface area contributed by atoms with Crippen LogP contribution in [0.25, 0.3) is 0 Å². The van der Waals surface area contributed by atoms with E-state index in [-0.39, 0.29) is 0 Å². The maximum atomic E-state index is 2.73. The molecule has 32 heavy (non-hydrogen) atoms. The minimum absolute atomic E-state index is 0.973. The van der Waals surface area contributed by atoms with E-state index >= 15 is 0 Å². The van der Waals surface area contributed by atoms with E-state index in [4.69, 9.17) is 0 Å². The number of unbranched alkanes of at least 4 members (excludes halogenated alkanes) is 2. The van der Waals surface area contributed by atoms with Gasteiger partial charge in [0, 0.05) is 0 Å². The molecule has 2 heteroatoms. The molecule has 0 spiro atoms. The van der Waals surface area contributed by atoms with Gasteiger partial charge in [0.2, 0.25) is 0 Å². The quantitative estimate of drug-likeness (QED) is 0.192. The summed E-state index contributed by atoms with van der Waals surface area (Å²) < 4.78 is 0. The molecule has 3 saturated carbocycles. The van der Waals surface area contributed by atoms with Crippen molar-refractivity contribution in [1.29, 1.82) is 0 Å². The molecular formula is C30H58P2. The molecule has 3 aliphatic carbocycles. The van der Waals surface area contributed by atoms with Crippen LogP contribution in [0.4, 0.5) is 0 Å². The van der Waals surface area contributed by atoms with Crippen LogP contribution in [0.2, 0.25) is 0 Å². The van der Waals surface area contributed by atoms with E-state index in [9.17, 15) is 0 Å². The molecule has 0 N–H and O–H groups in total. The summed E-state index contributed by atoms with van der Waals surface area (Å²) >= 11 is 0. The molecule has 3 rings (SSSR count). The summed E-state index contributed by atoms with van der Waals surface area (Å²) in [6.45, 7) is 10.2. The molecule has 0 heterocycles. The zero-order chi connectivity index (χ0) is 22.8. The van der Waals surface area contributed by atoms with Crippen LogP contribution in [0.15, 0.2) is 0 Å². The summed E-state index contributed by atoms with van der Waals surface area (Å²) in [6, 6.07) is 0. The van der Waals surface area contributed by atoms with Crippen molar-refractivity contribution >= 4 is 17.2 Å². The second kappa shape index (κ2) is 15.1. The highest BCUT2D eigenvalue weighted by atomic mass is 31.1. The van der Waals surface area contributed by atoms with Crippen LogP contribution in [-0.4, -0.2) is 24.6 Å². The second-order valence-electron chi connectivity index (χ2n) is 12.1. The maximum absolute atomic E-state index is 2.73. The van der Waals surface area contributed by atoms with Crippen molar-refractivity contribution in [3.05, 3.63) is 0 Å². The normalized spacial score (nSPS) is 36.0. The molecule has 0 radical (unpaired) electrons. The Balaban J connectivity index is 1.84. The highest BCUT2D eigenvalue weighted by Gasteiger charge is 2.50. The van der Waals surface area contributed by atoms with Crippen molar-refractivity contribution in [1.82, 2.24) is 0 Å². The molecule has 188 valence electrons. The fourth-order valence-corrected chi connectivity index (χ4v) is 11.8. The molecule has 3 fully saturated rings. The zero-order valence-corrected chi connectivity index (χ0v) is 24.3. The topological polar surface area (TPSA) is 0 Å². The third-order valence-electron chi connectivity index (χ3n) is 10.1. The fourth-order valence-electron chi connectivity index (χ4n) is 8.36. The molecule has 0 amide bonds. The van der Waals surface area contributed by atoms with E-state index in [0.717, 1.165) is 47.3 Å². The first-order valence-electron chi connectivity index (χ1n) is 15.1. The first-order chi connectivity index (χ1) is 15.7. The van der Waals surface area contributed by atoms with Gasteiger partial charge in [-0.15, -0.1) is 17.2 Å². The summed E-state index contributed by atoms with van der Waals surface area (Å²) in [5.74, 6) is 8.33. The Morgan fingerprint density at radius 3 is 1.28 bits per heavy atom. The summed E-state index contributed by atoms with van der Waals surface area (Å²) in [6.07, 6.45) is 27.4. The molecule has 0 saturated heterocycles. The molecule has 8 atom stereocenters. The van der Waals surface area contributed by atoms with E-state index in [1.54, 1.807) is 38.0 Å². The van der Waals surface area contributed by atoms with Gasteiger partial charge < -0.3 is 0 Å². The Morgan fingerprint density at radius 1 is 0.562 bits per heavy atom. The first kappa shape index (κ1) is 27.4. The van der Waals surface area contributed by atoms with Gasteiger partial charge in [-0.2, -0.15) is 0 Å². The van der Waals surface area contributed by atoms with E-state index in [1.807, 2.05) is 0 Å². The minimum Gasteiger partial charge on any atom is -0.122 e. The minimum atomic E-state index is 0.973. The van der Waals surface area contributed by atoms with Gasteiger partial charge in [0.15, 0.2) is 0 Å². The second-order valence-corrected chi connectivity index (χ2v) is 14.9. The molecular weight excluding hydrogens is 422 g/mol. The van der Waals surface area contributed by atoms with Crippen LogP contribution in [0.3, 0.4) is 0 Å². The highest BCUT2D eigenvalue weighted by Crippen LogP contribution is 2.57. The largest absolute Gasteiger partial charge is 0.122 e. The number of rotatable bonds is 12. The molecule has 0 nitrogen and oxygen atoms in total. The lowest BCUT2D eigenvalue weighted by atomic mass is 9.51. The van der Waals surface area contributed by atoms with Gasteiger partial charge in [0.25, 0.3) is 0 Å². The fraction of sp³-hybridized carbons (Fsp3) is 1.00. The van der Waals surface area contributed by atoms with E-state index in [2.05, 4.69) is 27.7 Å². The predicted octanol–water partition coefficient (Wildman–Crippen LogP) is 9.85. The van der Waals surface area contributed by atoms with Crippen molar-refractivity contribution in [2.75, 3.05) is 24.6 Å². The monoisotopic (exact) mass is 480 g/mol. The van der Waals surface area contributed by atoms with Crippen molar-refractivity contribution in [2.45, 2.75) is 118 Å². The van der Waals surface area contributed by atoms with Crippen molar-refractivity contribution in [3.63, 3.8) is 0 Å². The van der Waals surface area contributed by atoms with Gasteiger partial charge in [-0.3, -0.25) is 0 Å². The van der Waals surface area contributed by atoms with E-state index in [1.165, 1.54) is 93.7 Å². The van der Waals surface area contributed by atoms with Crippen LogP contribution >= 0.6 is 17.2 Å². The molecule has 0 bridgehead atoms. The predicted molar refractivity (Wildman–Crippen MR) is 151 cm³/mol. The van der Waals surface area contributed by atoms with Crippen LogP contribution < -0.4 is 0 Å². The van der Waals surface area contributed by atoms with Crippen LogP contribution in [-0.2, 0) is 0 Å². The van der Waals surface area contributed by atoms with Gasteiger partial charge in [0.1, 0.15) is 0 Å². The first-order valence-corrected chi connectivity index (χ1v) is 17.9. The number of hydrogen-bond donors (Lipinski definition) is 0. The van der Waals surface area contributed by atoms with Crippen LogP contribution in [0, 0.1) is 47.3 Å². The SMILES string of the molecule is CCCCPCC1C(CPCCCC)C(C2CCCCC2)C(C)C(C)C1C1CCCCC1. The molecule has 0 aliphatic heterocycles. The van der Waals surface area contributed by atoms with E-state index in [0.29, 0.717) is 0 Å². The van der Waals surface area contributed by atoms with Gasteiger partial charge in [-0.1, -0.05) is 105 Å². The third-order valence-corrected chi connectivity index (χ3v) is 13.1. The lowest BCUT2D eigenvalue weighted by Crippen LogP contribution is -2.51. The standard InChI is InChI=1S/C30H58P2/c1-5-7-19-31-21-27-28(22-32-20-8-6-2)30(26-17-13-10-14-18-26)24(4)23(3)29(27)25-15-11-9-12-16-25/h23-32H,5-22H2,1-4H3. The highest BCUT2D eigenvalue weighted by molar-refractivity contribution is 7.38. The zero-order valence-electron chi connectivity index (χ0n) is 22.3. The lowest BCUT2D eigenvalue weighted by molar-refractivity contribution is -0.0525. The Kier molecular flexibility index (Phi) is 12.9. The summed E-state index contributed by atoms with van der Waals surface area (Å²) in [5, 5.41) is 0. The average Bonchev–Trinajstić information content (AvgIpc) is 2.83. The summed E-state index contributed by atoms with van der Waals surface area (Å²) in [7, 11) is 2.49. The van der Waals surface area contributed by atoms with Gasteiger partial charge >= 0.3 is 0 Å². The maximum Gasteiger partial charge on any atom is -0.0309 e. The van der Waals surface area contributed by atoms with E-state index < -0.39 is 0 Å². The summed E-state index contributed by atoms with van der Waals surface area (Å²) in [4.78, 5) is 0. The molecule has 8 unspecified atom stereocenters. The van der Waals surface area contributed by atoms with Crippen molar-refractivity contribution in [3.8, 4) is 0 Å². The third kappa shape index (κ3) is 7.43. The number of hydrogen-bond acceptors (Lipinski definition) is 0. The summed E-state index contributed by atoms with van der Waals surface area (Å²) in [5.41, 5.74) is 0. The van der Waals surface area contributed by atoms with Gasteiger partial charge in [-0.25, -0.2) is 0 Å². The van der Waals surface area contributed by atoms with Crippen molar-refractivity contribution in [2.24, 2.45) is 47.3 Å². The Morgan fingerprint density at radius 2 is 0.938 bits per heavy atom. The Hall–Kier alpha value is 0.860. The van der Waals surface area contributed by atoms with Gasteiger partial charge in [-0.05, 0) is 84.8 Å². The average molecular weight is 481 g/mol. The van der Waals surface area contributed by atoms with Crippen LogP contribution in [0.1, 0.15) is 118 Å². The molecule has 3 aliphatic rings. The van der Waals surface area contributed by atoms with Crippen molar-refractivity contribution < 1.29 is 0 Å². The van der Waals surface area contributed by atoms with Gasteiger partial charge in [0.05, 0.1) is 0 Å². The Labute approximate surface area is 206 Å². The van der Waals surface area contributed by atoms with Crippen LogP contribution in [0.5, 0.6) is 0 Å². The molecule has 0 aromatic carbocycles. The molecule has 0 aromatic heterocycles. The molecule has 0 aromatic rings.